The Hall–Kier alpha value is -0.900. The van der Waals surface area contributed by atoms with Crippen LogP contribution in [0.5, 0.6) is 0 Å². The molecule has 1 aromatic rings. The van der Waals surface area contributed by atoms with E-state index in [1.807, 2.05) is 13.8 Å². The third-order valence-corrected chi connectivity index (χ3v) is 1.89. The molecule has 0 aliphatic rings. The minimum absolute atomic E-state index is 0.0627. The van der Waals surface area contributed by atoms with Gasteiger partial charge >= 0.3 is 6.18 Å². The fourth-order valence-electron chi connectivity index (χ4n) is 0.988. The van der Waals surface area contributed by atoms with Crippen LogP contribution in [0.15, 0.2) is 12.1 Å². The molecule has 0 radical (unpaired) electrons. The van der Waals surface area contributed by atoms with Crippen molar-refractivity contribution in [2.75, 3.05) is 5.73 Å². The molecule has 0 aromatic heterocycles. The molecule has 0 spiro atoms. The Balaban J connectivity index is 0.000000921. The fourth-order valence-corrected chi connectivity index (χ4v) is 1.26. The van der Waals surface area contributed by atoms with Crippen LogP contribution in [0, 0.1) is 6.92 Å². The molecule has 86 valence electrons. The molecule has 0 fully saturated rings. The van der Waals surface area contributed by atoms with Gasteiger partial charge in [0.15, 0.2) is 0 Å². The molecule has 0 heterocycles. The Morgan fingerprint density at radius 1 is 1.20 bits per heavy atom. The van der Waals surface area contributed by atoms with E-state index >= 15 is 0 Å². The Morgan fingerprint density at radius 2 is 1.67 bits per heavy atom. The summed E-state index contributed by atoms with van der Waals surface area (Å²) in [7, 11) is 0. The Morgan fingerprint density at radius 3 is 2.07 bits per heavy atom. The normalized spacial score (nSPS) is 10.6. The summed E-state index contributed by atoms with van der Waals surface area (Å²) in [6.07, 6.45) is -4.44. The average molecular weight is 240 g/mol. The maximum absolute atomic E-state index is 12.3. The number of halogens is 4. The van der Waals surface area contributed by atoms with Crippen molar-refractivity contribution in [1.29, 1.82) is 0 Å². The highest BCUT2D eigenvalue weighted by Crippen LogP contribution is 2.37. The predicted octanol–water partition coefficient (Wildman–Crippen LogP) is 4.28. The number of benzene rings is 1. The van der Waals surface area contributed by atoms with Crippen LogP contribution in [-0.4, -0.2) is 0 Å². The second kappa shape index (κ2) is 5.26. The van der Waals surface area contributed by atoms with Crippen LogP contribution in [-0.2, 0) is 6.18 Å². The summed E-state index contributed by atoms with van der Waals surface area (Å²) in [4.78, 5) is 0. The van der Waals surface area contributed by atoms with Crippen molar-refractivity contribution in [3.63, 3.8) is 0 Å². The quantitative estimate of drug-likeness (QED) is 0.672. The second-order valence-corrected chi connectivity index (χ2v) is 3.11. The third-order valence-electron chi connectivity index (χ3n) is 1.58. The molecule has 0 bridgehead atoms. The number of alkyl halides is 3. The van der Waals surface area contributed by atoms with Crippen molar-refractivity contribution >= 4 is 17.3 Å². The maximum Gasteiger partial charge on any atom is 0.418 e. The van der Waals surface area contributed by atoms with Gasteiger partial charge < -0.3 is 5.73 Å². The van der Waals surface area contributed by atoms with Gasteiger partial charge in [-0.3, -0.25) is 0 Å². The van der Waals surface area contributed by atoms with E-state index in [0.717, 1.165) is 6.07 Å². The standard InChI is InChI=1S/C8H7ClF3N.C2H6/c1-4-2-5(8(10,11)12)7(13)6(9)3-4;1-2/h2-3H,13H2,1H3;1-2H3. The molecule has 0 atom stereocenters. The SMILES string of the molecule is CC.Cc1cc(Cl)c(N)c(C(F)(F)F)c1. The Kier molecular flexibility index (Phi) is 4.94. The summed E-state index contributed by atoms with van der Waals surface area (Å²) < 4.78 is 36.8. The van der Waals surface area contributed by atoms with Gasteiger partial charge in [0.25, 0.3) is 0 Å². The summed E-state index contributed by atoms with van der Waals surface area (Å²) in [6, 6.07) is 2.37. The Labute approximate surface area is 92.0 Å². The highest BCUT2D eigenvalue weighted by atomic mass is 35.5. The summed E-state index contributed by atoms with van der Waals surface area (Å²) in [5, 5.41) is -0.0627. The molecular formula is C10H13ClF3N. The van der Waals surface area contributed by atoms with Gasteiger partial charge in [0, 0.05) is 0 Å². The molecule has 1 aromatic carbocycles. The van der Waals surface area contributed by atoms with Gasteiger partial charge in [-0.2, -0.15) is 13.2 Å². The first kappa shape index (κ1) is 14.1. The van der Waals surface area contributed by atoms with Crippen LogP contribution < -0.4 is 5.73 Å². The molecule has 0 saturated carbocycles. The average Bonchev–Trinajstić information content (AvgIpc) is 2.13. The van der Waals surface area contributed by atoms with E-state index in [4.69, 9.17) is 17.3 Å². The summed E-state index contributed by atoms with van der Waals surface area (Å²) in [6.45, 7) is 5.53. The fraction of sp³-hybridized carbons (Fsp3) is 0.400. The highest BCUT2D eigenvalue weighted by Gasteiger charge is 2.33. The van der Waals surface area contributed by atoms with Gasteiger partial charge in [0.1, 0.15) is 0 Å². The van der Waals surface area contributed by atoms with Crippen molar-refractivity contribution in [3.05, 3.63) is 28.3 Å². The number of anilines is 1. The van der Waals surface area contributed by atoms with Gasteiger partial charge in [-0.05, 0) is 24.6 Å². The van der Waals surface area contributed by atoms with Crippen LogP contribution in [0.1, 0.15) is 25.0 Å². The van der Waals surface area contributed by atoms with Crippen LogP contribution in [0.25, 0.3) is 0 Å². The number of hydrogen-bond donors (Lipinski definition) is 1. The number of rotatable bonds is 0. The monoisotopic (exact) mass is 239 g/mol. The van der Waals surface area contributed by atoms with Crippen LogP contribution in [0.3, 0.4) is 0 Å². The molecule has 15 heavy (non-hydrogen) atoms. The van der Waals surface area contributed by atoms with Crippen molar-refractivity contribution in [3.8, 4) is 0 Å². The lowest BCUT2D eigenvalue weighted by molar-refractivity contribution is -0.136. The summed E-state index contributed by atoms with van der Waals surface area (Å²) in [5.41, 5.74) is 4.33. The third kappa shape index (κ3) is 3.63. The predicted molar refractivity (Wildman–Crippen MR) is 57.0 cm³/mol. The maximum atomic E-state index is 12.3. The lowest BCUT2D eigenvalue weighted by atomic mass is 10.1. The zero-order chi connectivity index (χ0) is 12.2. The first-order valence-corrected chi connectivity index (χ1v) is 4.83. The van der Waals surface area contributed by atoms with E-state index in [-0.39, 0.29) is 5.02 Å². The minimum Gasteiger partial charge on any atom is -0.397 e. The molecule has 0 aliphatic heterocycles. The van der Waals surface area contributed by atoms with Gasteiger partial charge in [-0.25, -0.2) is 0 Å². The van der Waals surface area contributed by atoms with Crippen molar-refractivity contribution < 1.29 is 13.2 Å². The number of nitrogens with two attached hydrogens (primary N) is 1. The summed E-state index contributed by atoms with van der Waals surface area (Å²) >= 11 is 5.50. The van der Waals surface area contributed by atoms with Crippen LogP contribution in [0.2, 0.25) is 5.02 Å². The second-order valence-electron chi connectivity index (χ2n) is 2.71. The van der Waals surface area contributed by atoms with Gasteiger partial charge in [0.2, 0.25) is 0 Å². The van der Waals surface area contributed by atoms with Crippen LogP contribution in [0.4, 0.5) is 18.9 Å². The smallest absolute Gasteiger partial charge is 0.397 e. The van der Waals surface area contributed by atoms with E-state index < -0.39 is 17.4 Å². The topological polar surface area (TPSA) is 26.0 Å². The first-order valence-electron chi connectivity index (χ1n) is 4.45. The van der Waals surface area contributed by atoms with E-state index in [0.29, 0.717) is 5.56 Å². The molecule has 0 amide bonds. The van der Waals surface area contributed by atoms with Crippen molar-refractivity contribution in [2.24, 2.45) is 0 Å². The minimum atomic E-state index is -4.44. The molecule has 0 unspecified atom stereocenters. The van der Waals surface area contributed by atoms with E-state index in [2.05, 4.69) is 0 Å². The summed E-state index contributed by atoms with van der Waals surface area (Å²) in [5.74, 6) is 0. The lowest BCUT2D eigenvalue weighted by Crippen LogP contribution is -2.09. The molecular weight excluding hydrogens is 227 g/mol. The largest absolute Gasteiger partial charge is 0.418 e. The Bertz CT molecular complexity index is 334. The molecule has 5 heteroatoms. The van der Waals surface area contributed by atoms with Crippen molar-refractivity contribution in [1.82, 2.24) is 0 Å². The van der Waals surface area contributed by atoms with E-state index in [9.17, 15) is 13.2 Å². The zero-order valence-electron chi connectivity index (χ0n) is 8.74. The lowest BCUT2D eigenvalue weighted by Gasteiger charge is -2.11. The van der Waals surface area contributed by atoms with E-state index in [1.165, 1.54) is 13.0 Å². The molecule has 1 nitrogen and oxygen atoms in total. The molecule has 0 aliphatic carbocycles. The number of nitrogen functional groups attached to an aromatic ring is 1. The molecule has 2 N–H and O–H groups in total. The van der Waals surface area contributed by atoms with Crippen molar-refractivity contribution in [2.45, 2.75) is 26.9 Å². The number of hydrogen-bond acceptors (Lipinski definition) is 1. The van der Waals surface area contributed by atoms with Gasteiger partial charge in [-0.15, -0.1) is 0 Å². The first-order chi connectivity index (χ1) is 6.82. The van der Waals surface area contributed by atoms with Gasteiger partial charge in [-0.1, -0.05) is 25.4 Å². The highest BCUT2D eigenvalue weighted by molar-refractivity contribution is 6.33. The van der Waals surface area contributed by atoms with E-state index in [1.54, 1.807) is 0 Å². The molecule has 1 rings (SSSR count). The zero-order valence-corrected chi connectivity index (χ0v) is 9.50. The number of aryl methyl sites for hydroxylation is 1. The van der Waals surface area contributed by atoms with Crippen LogP contribution >= 0.6 is 11.6 Å². The van der Waals surface area contributed by atoms with Gasteiger partial charge in [0.05, 0.1) is 16.3 Å². The molecule has 0 saturated heterocycles.